The van der Waals surface area contributed by atoms with E-state index in [9.17, 15) is 22.8 Å². The highest BCUT2D eigenvalue weighted by Gasteiger charge is 2.31. The van der Waals surface area contributed by atoms with Crippen molar-refractivity contribution < 1.29 is 22.8 Å². The van der Waals surface area contributed by atoms with Gasteiger partial charge in [-0.15, -0.1) is 0 Å². The summed E-state index contributed by atoms with van der Waals surface area (Å²) in [7, 11) is 0. The molecular formula is C31H35F3N6O2. The fraction of sp³-hybridized carbons (Fsp3) is 0.387. The molecule has 0 saturated carbocycles. The third-order valence-corrected chi connectivity index (χ3v) is 7.58. The van der Waals surface area contributed by atoms with Gasteiger partial charge in [-0.3, -0.25) is 9.59 Å². The average molecular weight is 581 g/mol. The van der Waals surface area contributed by atoms with Crippen LogP contribution in [0.15, 0.2) is 66.9 Å². The van der Waals surface area contributed by atoms with Gasteiger partial charge < -0.3 is 24.9 Å². The third kappa shape index (κ3) is 6.61. The number of hydrogen-bond donors (Lipinski definition) is 1. The Morgan fingerprint density at radius 3 is 1.83 bits per heavy atom. The highest BCUT2D eigenvalue weighted by Crippen LogP contribution is 2.32. The molecule has 1 aromatic heterocycles. The van der Waals surface area contributed by atoms with Crippen LogP contribution in [-0.4, -0.2) is 85.0 Å². The Morgan fingerprint density at radius 2 is 1.31 bits per heavy atom. The van der Waals surface area contributed by atoms with Crippen LogP contribution in [0.4, 0.5) is 30.4 Å². The molecule has 2 aliphatic rings. The van der Waals surface area contributed by atoms with Crippen LogP contribution in [0.5, 0.6) is 0 Å². The maximum atomic E-state index is 13.2. The lowest BCUT2D eigenvalue weighted by Crippen LogP contribution is -2.49. The molecule has 42 heavy (non-hydrogen) atoms. The first-order valence-electron chi connectivity index (χ1n) is 14.2. The summed E-state index contributed by atoms with van der Waals surface area (Å²) in [6.45, 7) is 8.27. The third-order valence-electron chi connectivity index (χ3n) is 7.58. The number of hydrogen-bond acceptors (Lipinski definition) is 6. The van der Waals surface area contributed by atoms with Crippen molar-refractivity contribution >= 4 is 29.0 Å². The molecule has 222 valence electrons. The maximum absolute atomic E-state index is 13.2. The minimum absolute atomic E-state index is 0.0788. The van der Waals surface area contributed by atoms with E-state index in [4.69, 9.17) is 0 Å². The summed E-state index contributed by atoms with van der Waals surface area (Å²) in [5.41, 5.74) is 1.79. The van der Waals surface area contributed by atoms with Gasteiger partial charge in [0.2, 0.25) is 0 Å². The molecule has 0 unspecified atom stereocenters. The van der Waals surface area contributed by atoms with Crippen molar-refractivity contribution in [3.8, 4) is 0 Å². The summed E-state index contributed by atoms with van der Waals surface area (Å²) >= 11 is 0. The van der Waals surface area contributed by atoms with Gasteiger partial charge in [-0.1, -0.05) is 6.07 Å². The average Bonchev–Trinajstić information content (AvgIpc) is 3.00. The molecule has 2 amide bonds. The van der Waals surface area contributed by atoms with Gasteiger partial charge in [0.1, 0.15) is 0 Å². The van der Waals surface area contributed by atoms with E-state index in [1.165, 1.54) is 6.07 Å². The summed E-state index contributed by atoms with van der Waals surface area (Å²) in [6, 6.07) is 16.2. The van der Waals surface area contributed by atoms with Crippen LogP contribution in [0.2, 0.25) is 0 Å². The predicted octanol–water partition coefficient (Wildman–Crippen LogP) is 4.85. The minimum atomic E-state index is -4.40. The number of amides is 2. The van der Waals surface area contributed by atoms with E-state index in [0.29, 0.717) is 69.2 Å². The fourth-order valence-corrected chi connectivity index (χ4v) is 5.36. The molecule has 2 aromatic carbocycles. The lowest BCUT2D eigenvalue weighted by Gasteiger charge is -2.36. The van der Waals surface area contributed by atoms with Crippen molar-refractivity contribution in [3.05, 3.63) is 83.6 Å². The number of carbonyl (C=O) groups is 2. The van der Waals surface area contributed by atoms with E-state index < -0.39 is 11.7 Å². The molecule has 1 N–H and O–H groups in total. The number of aromatic nitrogens is 1. The SMILES string of the molecule is CC(C)Nc1cccnc1N1CCN(C(=O)c2ccc(C(=O)N3CCN(c4cccc(C(F)(F)F)c4)CC3)cc2)CC1. The fourth-order valence-electron chi connectivity index (χ4n) is 5.36. The minimum Gasteiger partial charge on any atom is -0.380 e. The molecule has 0 aliphatic carbocycles. The first kappa shape index (κ1) is 29.2. The van der Waals surface area contributed by atoms with E-state index >= 15 is 0 Å². The second-order valence-corrected chi connectivity index (χ2v) is 10.9. The second-order valence-electron chi connectivity index (χ2n) is 10.9. The summed E-state index contributed by atoms with van der Waals surface area (Å²) in [5.74, 6) is 0.647. The van der Waals surface area contributed by atoms with Crippen LogP contribution in [0.1, 0.15) is 40.1 Å². The first-order valence-corrected chi connectivity index (χ1v) is 14.2. The number of benzene rings is 2. The molecule has 5 rings (SSSR count). The van der Waals surface area contributed by atoms with Crippen LogP contribution in [0, 0.1) is 0 Å². The highest BCUT2D eigenvalue weighted by molar-refractivity contribution is 5.98. The number of piperazine rings is 2. The quantitative estimate of drug-likeness (QED) is 0.450. The van der Waals surface area contributed by atoms with E-state index in [1.54, 1.807) is 41.4 Å². The number of nitrogens with one attached hydrogen (secondary N) is 1. The molecular weight excluding hydrogens is 545 g/mol. The number of rotatable bonds is 6. The summed E-state index contributed by atoms with van der Waals surface area (Å²) in [5, 5.41) is 3.43. The van der Waals surface area contributed by atoms with Crippen molar-refractivity contribution in [1.82, 2.24) is 14.8 Å². The lowest BCUT2D eigenvalue weighted by molar-refractivity contribution is -0.137. The molecule has 0 radical (unpaired) electrons. The molecule has 2 saturated heterocycles. The Morgan fingerprint density at radius 1 is 0.762 bits per heavy atom. The van der Waals surface area contributed by atoms with Crippen LogP contribution < -0.4 is 15.1 Å². The Hall–Kier alpha value is -4.28. The van der Waals surface area contributed by atoms with Crippen LogP contribution in [0.3, 0.4) is 0 Å². The number of anilines is 3. The van der Waals surface area contributed by atoms with Gasteiger partial charge in [0.25, 0.3) is 11.8 Å². The van der Waals surface area contributed by atoms with Crippen LogP contribution in [-0.2, 0) is 6.18 Å². The Labute approximate surface area is 243 Å². The van der Waals surface area contributed by atoms with Gasteiger partial charge in [0.15, 0.2) is 5.82 Å². The van der Waals surface area contributed by atoms with Crippen LogP contribution in [0.25, 0.3) is 0 Å². The van der Waals surface area contributed by atoms with E-state index in [1.807, 2.05) is 21.9 Å². The predicted molar refractivity (Wildman–Crippen MR) is 157 cm³/mol. The van der Waals surface area contributed by atoms with E-state index in [-0.39, 0.29) is 17.9 Å². The van der Waals surface area contributed by atoms with Gasteiger partial charge in [-0.05, 0) is 68.4 Å². The Balaban J connectivity index is 1.14. The largest absolute Gasteiger partial charge is 0.416 e. The number of nitrogens with zero attached hydrogens (tertiary/aromatic N) is 5. The molecule has 0 bridgehead atoms. The number of alkyl halides is 3. The Bertz CT molecular complexity index is 1400. The normalized spacial score (nSPS) is 16.1. The van der Waals surface area contributed by atoms with Crippen molar-refractivity contribution in [3.63, 3.8) is 0 Å². The highest BCUT2D eigenvalue weighted by atomic mass is 19.4. The molecule has 8 nitrogen and oxygen atoms in total. The van der Waals surface area contributed by atoms with Crippen molar-refractivity contribution in [1.29, 1.82) is 0 Å². The number of carbonyl (C=O) groups excluding carboxylic acids is 2. The van der Waals surface area contributed by atoms with Gasteiger partial charge in [-0.25, -0.2) is 4.98 Å². The zero-order valence-electron chi connectivity index (χ0n) is 23.8. The lowest BCUT2D eigenvalue weighted by atomic mass is 10.1. The number of halogens is 3. The summed E-state index contributed by atoms with van der Waals surface area (Å²) in [6.07, 6.45) is -2.62. The summed E-state index contributed by atoms with van der Waals surface area (Å²) < 4.78 is 39.3. The molecule has 3 heterocycles. The van der Waals surface area contributed by atoms with Gasteiger partial charge >= 0.3 is 6.18 Å². The topological polar surface area (TPSA) is 72.0 Å². The molecule has 0 spiro atoms. The summed E-state index contributed by atoms with van der Waals surface area (Å²) in [4.78, 5) is 38.4. The van der Waals surface area contributed by atoms with E-state index in [0.717, 1.165) is 23.6 Å². The molecule has 11 heteroatoms. The molecule has 2 aliphatic heterocycles. The zero-order chi connectivity index (χ0) is 29.9. The maximum Gasteiger partial charge on any atom is 0.416 e. The van der Waals surface area contributed by atoms with Crippen molar-refractivity contribution in [2.75, 3.05) is 67.5 Å². The Kier molecular flexibility index (Phi) is 8.56. The number of pyridine rings is 1. The monoisotopic (exact) mass is 580 g/mol. The van der Waals surface area contributed by atoms with Gasteiger partial charge in [0, 0.05) is 81.4 Å². The second kappa shape index (κ2) is 12.3. The van der Waals surface area contributed by atoms with Crippen molar-refractivity contribution in [2.24, 2.45) is 0 Å². The molecule has 2 fully saturated rings. The smallest absolute Gasteiger partial charge is 0.380 e. The van der Waals surface area contributed by atoms with Crippen LogP contribution >= 0.6 is 0 Å². The molecule has 3 aromatic rings. The van der Waals surface area contributed by atoms with Gasteiger partial charge in [-0.2, -0.15) is 13.2 Å². The zero-order valence-corrected chi connectivity index (χ0v) is 23.8. The van der Waals surface area contributed by atoms with E-state index in [2.05, 4.69) is 29.0 Å². The standard InChI is InChI=1S/C31H35F3N6O2/c1-22(2)36-27-7-4-12-35-28(27)38-15-19-40(20-16-38)30(42)24-10-8-23(9-11-24)29(41)39-17-13-37(14-18-39)26-6-3-5-25(21-26)31(32,33)34/h3-12,21-22,36H,13-20H2,1-2H3. The van der Waals surface area contributed by atoms with Gasteiger partial charge in [0.05, 0.1) is 11.3 Å². The molecule has 0 atom stereocenters. The van der Waals surface area contributed by atoms with Crippen molar-refractivity contribution in [2.45, 2.75) is 26.1 Å². The first-order chi connectivity index (χ1) is 20.1.